The molecule has 0 rings (SSSR count). The molecule has 0 aromatic rings. The average Bonchev–Trinajstić information content (AvgIpc) is 2.03. The molecule has 80 valence electrons. The summed E-state index contributed by atoms with van der Waals surface area (Å²) in [5, 5.41) is 9.80. The van der Waals surface area contributed by atoms with Crippen LogP contribution < -0.4 is 5.73 Å². The highest BCUT2D eigenvalue weighted by molar-refractivity contribution is 4.79. The molecule has 3 N–H and O–H groups in total. The van der Waals surface area contributed by atoms with E-state index < -0.39 is 5.60 Å². The molecule has 0 spiro atoms. The average molecular weight is 188 g/mol. The van der Waals surface area contributed by atoms with Crippen LogP contribution in [0.25, 0.3) is 0 Å². The fourth-order valence-corrected chi connectivity index (χ4v) is 1.31. The number of rotatable bonds is 6. The standard InChI is InChI=1S/C10H24N2O/c1-5-6-12(9(2)3)8-10(4,13)7-11/h9,13H,5-8,11H2,1-4H3. The molecule has 0 amide bonds. The maximum atomic E-state index is 9.80. The van der Waals surface area contributed by atoms with Gasteiger partial charge in [0.1, 0.15) is 0 Å². The van der Waals surface area contributed by atoms with E-state index in [-0.39, 0.29) is 0 Å². The van der Waals surface area contributed by atoms with E-state index in [4.69, 9.17) is 5.73 Å². The molecule has 0 aliphatic carbocycles. The zero-order chi connectivity index (χ0) is 10.5. The summed E-state index contributed by atoms with van der Waals surface area (Å²) in [6.45, 7) is 10.2. The molecule has 13 heavy (non-hydrogen) atoms. The zero-order valence-electron chi connectivity index (χ0n) is 9.38. The SMILES string of the molecule is CCCN(CC(C)(O)CN)C(C)C. The Morgan fingerprint density at radius 1 is 1.46 bits per heavy atom. The van der Waals surface area contributed by atoms with Crippen molar-refractivity contribution in [3.05, 3.63) is 0 Å². The summed E-state index contributed by atoms with van der Waals surface area (Å²) in [6.07, 6.45) is 1.11. The summed E-state index contributed by atoms with van der Waals surface area (Å²) in [7, 11) is 0. The molecule has 3 heteroatoms. The highest BCUT2D eigenvalue weighted by Crippen LogP contribution is 2.08. The Hall–Kier alpha value is -0.120. The van der Waals surface area contributed by atoms with Crippen LogP contribution >= 0.6 is 0 Å². The van der Waals surface area contributed by atoms with Crippen LogP contribution in [0.1, 0.15) is 34.1 Å². The van der Waals surface area contributed by atoms with Crippen molar-refractivity contribution in [2.45, 2.75) is 45.8 Å². The number of nitrogens with zero attached hydrogens (tertiary/aromatic N) is 1. The van der Waals surface area contributed by atoms with Gasteiger partial charge in [-0.3, -0.25) is 4.90 Å². The molecule has 0 fully saturated rings. The van der Waals surface area contributed by atoms with Gasteiger partial charge in [0.2, 0.25) is 0 Å². The molecular formula is C10H24N2O. The van der Waals surface area contributed by atoms with Gasteiger partial charge >= 0.3 is 0 Å². The molecule has 3 nitrogen and oxygen atoms in total. The first-order valence-electron chi connectivity index (χ1n) is 5.09. The molecule has 0 aliphatic rings. The summed E-state index contributed by atoms with van der Waals surface area (Å²) in [6, 6.07) is 0.470. The third-order valence-corrected chi connectivity index (χ3v) is 2.22. The number of hydrogen-bond donors (Lipinski definition) is 2. The van der Waals surface area contributed by atoms with E-state index in [1.54, 1.807) is 6.92 Å². The Labute approximate surface area is 81.9 Å². The summed E-state index contributed by atoms with van der Waals surface area (Å²) >= 11 is 0. The smallest absolute Gasteiger partial charge is 0.0867 e. The van der Waals surface area contributed by atoms with Crippen molar-refractivity contribution in [1.29, 1.82) is 0 Å². The third-order valence-electron chi connectivity index (χ3n) is 2.22. The number of aliphatic hydroxyl groups is 1. The topological polar surface area (TPSA) is 49.5 Å². The van der Waals surface area contributed by atoms with E-state index in [0.717, 1.165) is 13.0 Å². The van der Waals surface area contributed by atoms with E-state index in [1.807, 2.05) is 0 Å². The molecule has 1 atom stereocenters. The molecule has 0 saturated heterocycles. The number of nitrogens with two attached hydrogens (primary N) is 1. The monoisotopic (exact) mass is 188 g/mol. The van der Waals surface area contributed by atoms with Crippen molar-refractivity contribution in [3.63, 3.8) is 0 Å². The Bertz CT molecular complexity index is 135. The summed E-state index contributed by atoms with van der Waals surface area (Å²) in [4.78, 5) is 2.26. The lowest BCUT2D eigenvalue weighted by Crippen LogP contribution is -2.48. The summed E-state index contributed by atoms with van der Waals surface area (Å²) in [5.74, 6) is 0. The van der Waals surface area contributed by atoms with Crippen molar-refractivity contribution >= 4 is 0 Å². The highest BCUT2D eigenvalue weighted by Gasteiger charge is 2.23. The summed E-state index contributed by atoms with van der Waals surface area (Å²) < 4.78 is 0. The molecule has 0 aromatic carbocycles. The second-order valence-corrected chi connectivity index (χ2v) is 4.27. The highest BCUT2D eigenvalue weighted by atomic mass is 16.3. The second kappa shape index (κ2) is 5.58. The van der Waals surface area contributed by atoms with Crippen LogP contribution in [0, 0.1) is 0 Å². The minimum absolute atomic E-state index is 0.319. The van der Waals surface area contributed by atoms with Gasteiger partial charge in [0.25, 0.3) is 0 Å². The Morgan fingerprint density at radius 3 is 2.31 bits per heavy atom. The Kier molecular flexibility index (Phi) is 5.53. The maximum Gasteiger partial charge on any atom is 0.0867 e. The predicted molar refractivity (Wildman–Crippen MR) is 56.7 cm³/mol. The minimum atomic E-state index is -0.751. The van der Waals surface area contributed by atoms with Crippen LogP contribution in [0.3, 0.4) is 0 Å². The van der Waals surface area contributed by atoms with Crippen molar-refractivity contribution in [2.24, 2.45) is 5.73 Å². The van der Waals surface area contributed by atoms with E-state index in [9.17, 15) is 5.11 Å². The van der Waals surface area contributed by atoms with E-state index in [0.29, 0.717) is 19.1 Å². The van der Waals surface area contributed by atoms with Crippen molar-refractivity contribution in [3.8, 4) is 0 Å². The van der Waals surface area contributed by atoms with E-state index in [1.165, 1.54) is 0 Å². The van der Waals surface area contributed by atoms with Gasteiger partial charge in [0.15, 0.2) is 0 Å². The lowest BCUT2D eigenvalue weighted by Gasteiger charge is -2.33. The Balaban J connectivity index is 4.08. The van der Waals surface area contributed by atoms with Crippen molar-refractivity contribution in [2.75, 3.05) is 19.6 Å². The first-order valence-corrected chi connectivity index (χ1v) is 5.09. The Morgan fingerprint density at radius 2 is 2.00 bits per heavy atom. The fraction of sp³-hybridized carbons (Fsp3) is 1.00. The van der Waals surface area contributed by atoms with Crippen molar-refractivity contribution in [1.82, 2.24) is 4.90 Å². The molecule has 0 saturated carbocycles. The van der Waals surface area contributed by atoms with Crippen LogP contribution in [0.15, 0.2) is 0 Å². The van der Waals surface area contributed by atoms with Crippen LogP contribution in [0.2, 0.25) is 0 Å². The molecule has 0 aromatic heterocycles. The normalized spacial score (nSPS) is 16.6. The first-order chi connectivity index (χ1) is 5.93. The van der Waals surface area contributed by atoms with Crippen molar-refractivity contribution < 1.29 is 5.11 Å². The van der Waals surface area contributed by atoms with E-state index in [2.05, 4.69) is 25.7 Å². The van der Waals surface area contributed by atoms with Gasteiger partial charge in [-0.25, -0.2) is 0 Å². The first kappa shape index (κ1) is 12.9. The van der Waals surface area contributed by atoms with Gasteiger partial charge in [0.05, 0.1) is 5.60 Å². The zero-order valence-corrected chi connectivity index (χ0v) is 9.38. The van der Waals surface area contributed by atoms with Crippen LogP contribution in [-0.2, 0) is 0 Å². The largest absolute Gasteiger partial charge is 0.388 e. The van der Waals surface area contributed by atoms with Gasteiger partial charge in [-0.1, -0.05) is 6.92 Å². The van der Waals surface area contributed by atoms with E-state index >= 15 is 0 Å². The summed E-state index contributed by atoms with van der Waals surface area (Å²) in [5.41, 5.74) is 4.72. The number of hydrogen-bond acceptors (Lipinski definition) is 3. The molecule has 0 bridgehead atoms. The van der Waals surface area contributed by atoms with Crippen LogP contribution in [0.4, 0.5) is 0 Å². The fourth-order valence-electron chi connectivity index (χ4n) is 1.31. The minimum Gasteiger partial charge on any atom is -0.388 e. The quantitative estimate of drug-likeness (QED) is 0.649. The molecular weight excluding hydrogens is 164 g/mol. The molecule has 0 heterocycles. The lowest BCUT2D eigenvalue weighted by molar-refractivity contribution is 0.0175. The van der Waals surface area contributed by atoms with Gasteiger partial charge in [-0.2, -0.15) is 0 Å². The second-order valence-electron chi connectivity index (χ2n) is 4.27. The molecule has 0 aliphatic heterocycles. The van der Waals surface area contributed by atoms with Gasteiger partial charge < -0.3 is 10.8 Å². The maximum absolute atomic E-state index is 9.80. The molecule has 1 unspecified atom stereocenters. The van der Waals surface area contributed by atoms with Crippen LogP contribution in [0.5, 0.6) is 0 Å². The van der Waals surface area contributed by atoms with Gasteiger partial charge in [0, 0.05) is 19.1 Å². The third kappa shape index (κ3) is 5.24. The predicted octanol–water partition coefficient (Wildman–Crippen LogP) is 0.816. The molecule has 0 radical (unpaired) electrons. The van der Waals surface area contributed by atoms with Gasteiger partial charge in [-0.15, -0.1) is 0 Å². The lowest BCUT2D eigenvalue weighted by atomic mass is 10.1. The van der Waals surface area contributed by atoms with Crippen LogP contribution in [-0.4, -0.2) is 41.3 Å². The van der Waals surface area contributed by atoms with Gasteiger partial charge in [-0.05, 0) is 33.7 Å².